The summed E-state index contributed by atoms with van der Waals surface area (Å²) in [7, 11) is 0. The number of benzene rings is 1. The second kappa shape index (κ2) is 14.8. The molecule has 10 nitrogen and oxygen atoms in total. The number of rotatable bonds is 17. The van der Waals surface area contributed by atoms with Gasteiger partial charge in [-0.1, -0.05) is 12.5 Å². The summed E-state index contributed by atoms with van der Waals surface area (Å²) in [5, 5.41) is 11.0. The fraction of sp³-hybridized carbons (Fsp3) is 0.542. The van der Waals surface area contributed by atoms with Crippen LogP contribution in [0.4, 0.5) is 5.69 Å². The van der Waals surface area contributed by atoms with Crippen LogP contribution in [0.1, 0.15) is 67.8 Å². The second-order valence-electron chi connectivity index (χ2n) is 8.37. The molecular formula is C24H35N5O5. The summed E-state index contributed by atoms with van der Waals surface area (Å²) >= 11 is 0. The highest BCUT2D eigenvalue weighted by atomic mass is 16.2. The molecule has 1 heterocycles. The van der Waals surface area contributed by atoms with Gasteiger partial charge in [-0.25, -0.2) is 0 Å². The van der Waals surface area contributed by atoms with Crippen molar-refractivity contribution in [2.45, 2.75) is 64.5 Å². The Labute approximate surface area is 200 Å². The first kappa shape index (κ1) is 27.0. The van der Waals surface area contributed by atoms with Gasteiger partial charge in [-0.2, -0.15) is 0 Å². The van der Waals surface area contributed by atoms with Gasteiger partial charge in [0, 0.05) is 48.8 Å². The summed E-state index contributed by atoms with van der Waals surface area (Å²) in [5.41, 5.74) is 2.00. The molecule has 0 saturated heterocycles. The molecule has 1 aromatic carbocycles. The molecule has 1 aromatic rings. The minimum Gasteiger partial charge on any atom is -0.359 e. The van der Waals surface area contributed by atoms with Gasteiger partial charge >= 0.3 is 0 Å². The van der Waals surface area contributed by atoms with Crippen LogP contribution in [0.5, 0.6) is 0 Å². The first-order chi connectivity index (χ1) is 16.5. The SMILES string of the molecule is CC(CCC(=O)NC=O)N1Cc2c(NC(=O)CCCCCNCCCNC=O)cccc2C1=O. The van der Waals surface area contributed by atoms with Crippen molar-refractivity contribution in [1.29, 1.82) is 0 Å². The first-order valence-electron chi connectivity index (χ1n) is 11.8. The zero-order valence-corrected chi connectivity index (χ0v) is 19.7. The molecule has 186 valence electrons. The van der Waals surface area contributed by atoms with Gasteiger partial charge in [-0.15, -0.1) is 0 Å². The van der Waals surface area contributed by atoms with Gasteiger partial charge in [-0.3, -0.25) is 29.3 Å². The fourth-order valence-electron chi connectivity index (χ4n) is 3.89. The van der Waals surface area contributed by atoms with Gasteiger partial charge in [0.25, 0.3) is 5.91 Å². The lowest BCUT2D eigenvalue weighted by atomic mass is 10.1. The van der Waals surface area contributed by atoms with Crippen molar-refractivity contribution < 1.29 is 24.0 Å². The van der Waals surface area contributed by atoms with E-state index in [0.717, 1.165) is 44.3 Å². The molecule has 4 N–H and O–H groups in total. The monoisotopic (exact) mass is 473 g/mol. The van der Waals surface area contributed by atoms with E-state index in [2.05, 4.69) is 21.3 Å². The standard InChI is InChI=1S/C24H35N5O5/c1-18(10-11-22(32)27-17-31)29-15-20-19(24(29)34)7-5-8-21(20)28-23(33)9-3-2-4-12-25-13-6-14-26-16-30/h5,7-8,16-18,25H,2-4,6,9-15H2,1H3,(H,26,30)(H,28,33)(H,27,31,32). The van der Waals surface area contributed by atoms with Gasteiger partial charge < -0.3 is 20.9 Å². The quantitative estimate of drug-likeness (QED) is 0.199. The van der Waals surface area contributed by atoms with Crippen LogP contribution in [0.15, 0.2) is 18.2 Å². The number of fused-ring (bicyclic) bond motifs is 1. The molecule has 0 bridgehead atoms. The number of carbonyl (C=O) groups is 5. The van der Waals surface area contributed by atoms with E-state index in [-0.39, 0.29) is 30.2 Å². The smallest absolute Gasteiger partial charge is 0.254 e. The average molecular weight is 474 g/mol. The van der Waals surface area contributed by atoms with E-state index in [4.69, 9.17) is 0 Å². The Morgan fingerprint density at radius 1 is 1.00 bits per heavy atom. The van der Waals surface area contributed by atoms with E-state index in [1.165, 1.54) is 0 Å². The van der Waals surface area contributed by atoms with Crippen LogP contribution in [-0.4, -0.2) is 61.1 Å². The number of hydrogen-bond donors (Lipinski definition) is 4. The molecule has 0 spiro atoms. The van der Waals surface area contributed by atoms with Gasteiger partial charge in [0.2, 0.25) is 24.6 Å². The van der Waals surface area contributed by atoms with Crippen molar-refractivity contribution in [1.82, 2.24) is 20.9 Å². The van der Waals surface area contributed by atoms with Crippen molar-refractivity contribution in [2.24, 2.45) is 0 Å². The molecule has 2 rings (SSSR count). The van der Waals surface area contributed by atoms with Gasteiger partial charge in [0.05, 0.1) is 0 Å². The molecule has 0 saturated carbocycles. The van der Waals surface area contributed by atoms with E-state index < -0.39 is 0 Å². The van der Waals surface area contributed by atoms with Crippen LogP contribution < -0.4 is 21.3 Å². The summed E-state index contributed by atoms with van der Waals surface area (Å²) in [5.74, 6) is -0.573. The Morgan fingerprint density at radius 2 is 1.79 bits per heavy atom. The molecule has 1 aliphatic heterocycles. The molecule has 0 aliphatic carbocycles. The third-order valence-corrected chi connectivity index (χ3v) is 5.83. The normalized spacial score (nSPS) is 13.2. The van der Waals surface area contributed by atoms with E-state index in [9.17, 15) is 24.0 Å². The molecule has 34 heavy (non-hydrogen) atoms. The summed E-state index contributed by atoms with van der Waals surface area (Å²) in [6.45, 7) is 4.63. The van der Waals surface area contributed by atoms with Crippen LogP contribution in [0.2, 0.25) is 0 Å². The molecular weight excluding hydrogens is 438 g/mol. The third-order valence-electron chi connectivity index (χ3n) is 5.83. The third kappa shape index (κ3) is 8.58. The lowest BCUT2D eigenvalue weighted by Gasteiger charge is -2.24. The minimum atomic E-state index is -0.373. The Bertz CT molecular complexity index is 860. The van der Waals surface area contributed by atoms with Crippen LogP contribution >= 0.6 is 0 Å². The first-order valence-corrected chi connectivity index (χ1v) is 11.8. The highest BCUT2D eigenvalue weighted by molar-refractivity contribution is 6.02. The summed E-state index contributed by atoms with van der Waals surface area (Å²) in [4.78, 5) is 59.0. The minimum absolute atomic E-state index is 0.0780. The fourth-order valence-corrected chi connectivity index (χ4v) is 3.89. The molecule has 10 heteroatoms. The van der Waals surface area contributed by atoms with Crippen molar-refractivity contribution in [3.63, 3.8) is 0 Å². The Hall–Kier alpha value is -3.27. The van der Waals surface area contributed by atoms with Gasteiger partial charge in [0.15, 0.2) is 0 Å². The largest absolute Gasteiger partial charge is 0.359 e. The predicted molar refractivity (Wildman–Crippen MR) is 128 cm³/mol. The number of nitrogens with one attached hydrogen (secondary N) is 4. The zero-order valence-electron chi connectivity index (χ0n) is 19.7. The molecule has 1 unspecified atom stereocenters. The predicted octanol–water partition coefficient (Wildman–Crippen LogP) is 1.31. The van der Waals surface area contributed by atoms with Crippen molar-refractivity contribution >= 4 is 36.2 Å². The van der Waals surface area contributed by atoms with Crippen LogP contribution in [0.25, 0.3) is 0 Å². The van der Waals surface area contributed by atoms with E-state index in [0.29, 0.717) is 50.0 Å². The van der Waals surface area contributed by atoms with Crippen LogP contribution in [0.3, 0.4) is 0 Å². The molecule has 0 aromatic heterocycles. The Morgan fingerprint density at radius 3 is 2.56 bits per heavy atom. The average Bonchev–Trinajstić information content (AvgIpc) is 3.16. The molecule has 0 radical (unpaired) electrons. The van der Waals surface area contributed by atoms with Gasteiger partial charge in [-0.05, 0) is 57.8 Å². The lowest BCUT2D eigenvalue weighted by Crippen LogP contribution is -2.34. The van der Waals surface area contributed by atoms with Crippen molar-refractivity contribution in [3.8, 4) is 0 Å². The zero-order chi connectivity index (χ0) is 24.8. The van der Waals surface area contributed by atoms with Crippen LogP contribution in [-0.2, 0) is 25.7 Å². The number of amides is 5. The van der Waals surface area contributed by atoms with E-state index >= 15 is 0 Å². The van der Waals surface area contributed by atoms with Gasteiger partial charge in [0.1, 0.15) is 0 Å². The summed E-state index contributed by atoms with van der Waals surface area (Å²) < 4.78 is 0. The second-order valence-corrected chi connectivity index (χ2v) is 8.37. The number of unbranched alkanes of at least 4 members (excludes halogenated alkanes) is 2. The Kier molecular flexibility index (Phi) is 11.7. The van der Waals surface area contributed by atoms with Crippen LogP contribution in [0, 0.1) is 0 Å². The molecule has 1 atom stereocenters. The maximum absolute atomic E-state index is 12.8. The van der Waals surface area contributed by atoms with Crippen molar-refractivity contribution in [2.75, 3.05) is 25.0 Å². The number of nitrogens with zero attached hydrogens (tertiary/aromatic N) is 1. The highest BCUT2D eigenvalue weighted by Gasteiger charge is 2.32. The summed E-state index contributed by atoms with van der Waals surface area (Å²) in [6, 6.07) is 5.13. The number of carbonyl (C=O) groups excluding carboxylic acids is 5. The number of imide groups is 1. The van der Waals surface area contributed by atoms with Crippen molar-refractivity contribution in [3.05, 3.63) is 29.3 Å². The summed E-state index contributed by atoms with van der Waals surface area (Å²) in [6.07, 6.45) is 5.62. The maximum Gasteiger partial charge on any atom is 0.254 e. The van der Waals surface area contributed by atoms with E-state index in [1.54, 1.807) is 23.1 Å². The lowest BCUT2D eigenvalue weighted by molar-refractivity contribution is -0.125. The number of anilines is 1. The number of hydrogen-bond acceptors (Lipinski definition) is 6. The topological polar surface area (TPSA) is 137 Å². The maximum atomic E-state index is 12.8. The Balaban J connectivity index is 1.75. The highest BCUT2D eigenvalue weighted by Crippen LogP contribution is 2.31. The molecule has 1 aliphatic rings. The molecule has 5 amide bonds. The van der Waals surface area contributed by atoms with E-state index in [1.807, 2.05) is 6.92 Å². The molecule has 0 fully saturated rings.